The molecule has 1 aromatic carbocycles. The summed E-state index contributed by atoms with van der Waals surface area (Å²) in [6, 6.07) is 10.1. The zero-order valence-corrected chi connectivity index (χ0v) is 15.6. The lowest BCUT2D eigenvalue weighted by Gasteiger charge is -2.27. The molecule has 0 bridgehead atoms. The third kappa shape index (κ3) is 5.96. The largest absolute Gasteiger partial charge is 0.340 e. The first kappa shape index (κ1) is 22.2. The van der Waals surface area contributed by atoms with E-state index < -0.39 is 6.04 Å². The normalized spacial score (nSPS) is 18.3. The smallest absolute Gasteiger partial charge is 0.239 e. The minimum atomic E-state index is -0.428. The second kappa shape index (κ2) is 10.9. The Labute approximate surface area is 152 Å². The van der Waals surface area contributed by atoms with Crippen molar-refractivity contribution in [2.75, 3.05) is 26.2 Å². The van der Waals surface area contributed by atoms with Gasteiger partial charge in [-0.15, -0.1) is 24.8 Å². The first-order chi connectivity index (χ1) is 10.2. The zero-order chi connectivity index (χ0) is 15.2. The number of carbonyl (C=O) groups excluding carboxylic acids is 1. The molecule has 2 N–H and O–H groups in total. The predicted octanol–water partition coefficient (Wildman–Crippen LogP) is 2.34. The Kier molecular flexibility index (Phi) is 10.5. The van der Waals surface area contributed by atoms with Gasteiger partial charge in [0.05, 0.1) is 6.04 Å². The average Bonchev–Trinajstić information content (AvgIpc) is 2.98. The van der Waals surface area contributed by atoms with E-state index in [1.54, 1.807) is 0 Å². The molecule has 1 aliphatic heterocycles. The lowest BCUT2D eigenvalue weighted by Crippen LogP contribution is -2.45. The molecule has 0 radical (unpaired) electrons. The van der Waals surface area contributed by atoms with E-state index >= 15 is 0 Å². The number of benzene rings is 1. The summed E-state index contributed by atoms with van der Waals surface area (Å²) in [6.07, 6.45) is 1.68. The minimum Gasteiger partial charge on any atom is -0.340 e. The number of rotatable bonds is 6. The number of amides is 1. The Morgan fingerprint density at radius 1 is 1.26 bits per heavy atom. The molecular weight excluding hydrogens is 333 g/mol. The quantitative estimate of drug-likeness (QED) is 0.845. The average molecular weight is 362 g/mol. The molecule has 2 atom stereocenters. The van der Waals surface area contributed by atoms with Gasteiger partial charge in [-0.2, -0.15) is 0 Å². The van der Waals surface area contributed by atoms with E-state index in [4.69, 9.17) is 5.73 Å². The van der Waals surface area contributed by atoms with E-state index in [1.165, 1.54) is 0 Å². The van der Waals surface area contributed by atoms with Crippen LogP contribution in [0.2, 0.25) is 0 Å². The van der Waals surface area contributed by atoms with Crippen molar-refractivity contribution >= 4 is 30.7 Å². The van der Waals surface area contributed by atoms with Crippen LogP contribution in [0.4, 0.5) is 0 Å². The van der Waals surface area contributed by atoms with Crippen molar-refractivity contribution in [1.82, 2.24) is 9.80 Å². The maximum Gasteiger partial charge on any atom is 0.239 e. The monoisotopic (exact) mass is 361 g/mol. The van der Waals surface area contributed by atoms with Gasteiger partial charge in [-0.25, -0.2) is 0 Å². The van der Waals surface area contributed by atoms with E-state index in [0.717, 1.165) is 38.2 Å². The van der Waals surface area contributed by atoms with Gasteiger partial charge in [0.2, 0.25) is 5.91 Å². The van der Waals surface area contributed by atoms with Gasteiger partial charge in [-0.05, 0) is 31.5 Å². The maximum absolute atomic E-state index is 12.5. The lowest BCUT2D eigenvalue weighted by molar-refractivity contribution is -0.131. The molecule has 0 spiro atoms. The van der Waals surface area contributed by atoms with E-state index in [2.05, 4.69) is 18.7 Å². The van der Waals surface area contributed by atoms with Crippen molar-refractivity contribution < 1.29 is 4.79 Å². The Bertz CT molecular complexity index is 454. The van der Waals surface area contributed by atoms with Crippen LogP contribution >= 0.6 is 24.8 Å². The van der Waals surface area contributed by atoms with Crippen LogP contribution in [-0.4, -0.2) is 54.0 Å². The second-order valence-corrected chi connectivity index (χ2v) is 5.74. The number of hydrogen-bond acceptors (Lipinski definition) is 3. The van der Waals surface area contributed by atoms with Crippen LogP contribution in [0.3, 0.4) is 0 Å². The van der Waals surface area contributed by atoms with Crippen LogP contribution in [0.25, 0.3) is 0 Å². The van der Waals surface area contributed by atoms with E-state index in [1.807, 2.05) is 35.2 Å². The van der Waals surface area contributed by atoms with Gasteiger partial charge in [0.1, 0.15) is 0 Å². The molecule has 1 fully saturated rings. The van der Waals surface area contributed by atoms with Crippen LogP contribution in [0, 0.1) is 0 Å². The number of halogens is 2. The first-order valence-electron chi connectivity index (χ1n) is 7.98. The Morgan fingerprint density at radius 3 is 2.43 bits per heavy atom. The van der Waals surface area contributed by atoms with Crippen LogP contribution < -0.4 is 5.73 Å². The van der Waals surface area contributed by atoms with E-state index in [0.29, 0.717) is 12.5 Å². The molecule has 1 amide bonds. The van der Waals surface area contributed by atoms with Gasteiger partial charge in [0.15, 0.2) is 0 Å². The van der Waals surface area contributed by atoms with Gasteiger partial charge in [-0.3, -0.25) is 9.69 Å². The SMILES string of the molecule is CCN(CC)C1CCN(C(=O)[C@@H](N)Cc2ccccc2)C1.Cl.Cl. The molecule has 1 saturated heterocycles. The van der Waals surface area contributed by atoms with Crippen molar-refractivity contribution in [3.05, 3.63) is 35.9 Å². The predicted molar refractivity (Wildman–Crippen MR) is 101 cm³/mol. The van der Waals surface area contributed by atoms with Gasteiger partial charge in [0.25, 0.3) is 0 Å². The molecule has 1 heterocycles. The highest BCUT2D eigenvalue weighted by molar-refractivity contribution is 5.85. The molecule has 0 aliphatic carbocycles. The summed E-state index contributed by atoms with van der Waals surface area (Å²) in [6.45, 7) is 8.09. The summed E-state index contributed by atoms with van der Waals surface area (Å²) in [5.74, 6) is 0.0912. The molecule has 1 unspecified atom stereocenters. The van der Waals surface area contributed by atoms with Crippen molar-refractivity contribution in [2.24, 2.45) is 5.73 Å². The lowest BCUT2D eigenvalue weighted by atomic mass is 10.1. The molecule has 4 nitrogen and oxygen atoms in total. The van der Waals surface area contributed by atoms with Crippen molar-refractivity contribution in [3.63, 3.8) is 0 Å². The van der Waals surface area contributed by atoms with Crippen LogP contribution in [0.1, 0.15) is 25.8 Å². The molecule has 0 saturated carbocycles. The molecule has 1 aliphatic rings. The van der Waals surface area contributed by atoms with Gasteiger partial charge in [-0.1, -0.05) is 44.2 Å². The fourth-order valence-corrected chi connectivity index (χ4v) is 3.17. The van der Waals surface area contributed by atoms with E-state index in [9.17, 15) is 4.79 Å². The van der Waals surface area contributed by atoms with E-state index in [-0.39, 0.29) is 30.7 Å². The Morgan fingerprint density at radius 2 is 1.87 bits per heavy atom. The summed E-state index contributed by atoms with van der Waals surface area (Å²) in [4.78, 5) is 16.8. The van der Waals surface area contributed by atoms with Crippen LogP contribution in [-0.2, 0) is 11.2 Å². The Hall–Kier alpha value is -0.810. The molecule has 132 valence electrons. The van der Waals surface area contributed by atoms with Gasteiger partial charge >= 0.3 is 0 Å². The second-order valence-electron chi connectivity index (χ2n) is 5.74. The fourth-order valence-electron chi connectivity index (χ4n) is 3.17. The molecule has 1 aromatic rings. The zero-order valence-electron chi connectivity index (χ0n) is 14.0. The van der Waals surface area contributed by atoms with Gasteiger partial charge < -0.3 is 10.6 Å². The highest BCUT2D eigenvalue weighted by Gasteiger charge is 2.31. The summed E-state index contributed by atoms with van der Waals surface area (Å²) < 4.78 is 0. The first-order valence-corrected chi connectivity index (χ1v) is 7.98. The molecule has 2 rings (SSSR count). The highest BCUT2D eigenvalue weighted by atomic mass is 35.5. The minimum absolute atomic E-state index is 0. The van der Waals surface area contributed by atoms with Crippen LogP contribution in [0.5, 0.6) is 0 Å². The summed E-state index contributed by atoms with van der Waals surface area (Å²) >= 11 is 0. The van der Waals surface area contributed by atoms with Crippen molar-refractivity contribution in [1.29, 1.82) is 0 Å². The third-order valence-electron chi connectivity index (χ3n) is 4.42. The number of nitrogens with two attached hydrogens (primary N) is 1. The standard InChI is InChI=1S/C17H27N3O.2ClH/c1-3-19(4-2)15-10-11-20(13-15)17(21)16(18)12-14-8-6-5-7-9-14;;/h5-9,15-16H,3-4,10-13,18H2,1-2H3;2*1H/t15?,16-;;/m0../s1. The highest BCUT2D eigenvalue weighted by Crippen LogP contribution is 2.16. The topological polar surface area (TPSA) is 49.6 Å². The van der Waals surface area contributed by atoms with Gasteiger partial charge in [0, 0.05) is 19.1 Å². The number of likely N-dealkylation sites (N-methyl/N-ethyl adjacent to an activating group) is 1. The summed E-state index contributed by atoms with van der Waals surface area (Å²) in [5.41, 5.74) is 7.23. The number of nitrogens with zero attached hydrogens (tertiary/aromatic N) is 2. The van der Waals surface area contributed by atoms with Crippen molar-refractivity contribution in [2.45, 2.75) is 38.8 Å². The third-order valence-corrected chi connectivity index (χ3v) is 4.42. The molecule has 6 heteroatoms. The molecular formula is C17H29Cl2N3O. The Balaban J connectivity index is 0.00000242. The fraction of sp³-hybridized carbons (Fsp3) is 0.588. The molecule has 23 heavy (non-hydrogen) atoms. The maximum atomic E-state index is 12.5. The van der Waals surface area contributed by atoms with Crippen LogP contribution in [0.15, 0.2) is 30.3 Å². The summed E-state index contributed by atoms with van der Waals surface area (Å²) in [5, 5.41) is 0. The number of carbonyl (C=O) groups is 1. The number of likely N-dealkylation sites (tertiary alicyclic amines) is 1. The molecule has 0 aromatic heterocycles. The number of hydrogen-bond donors (Lipinski definition) is 1. The van der Waals surface area contributed by atoms with Crippen molar-refractivity contribution in [3.8, 4) is 0 Å². The summed E-state index contributed by atoms with van der Waals surface area (Å²) in [7, 11) is 0.